The van der Waals surface area contributed by atoms with Crippen LogP contribution in [0, 0.1) is 9.94 Å². The van der Waals surface area contributed by atoms with Crippen LogP contribution in [0.5, 0.6) is 0 Å². The van der Waals surface area contributed by atoms with E-state index in [9.17, 15) is 0 Å². The van der Waals surface area contributed by atoms with Crippen LogP contribution >= 0.6 is 49.9 Å². The topological polar surface area (TPSA) is 12.9 Å². The van der Waals surface area contributed by atoms with Crippen LogP contribution in [0.15, 0.2) is 16.6 Å². The fraction of sp³-hybridized carbons (Fsp3) is 0.125. The number of aryl methyl sites for hydroxylation is 1. The Morgan fingerprint density at radius 3 is 3.00 bits per heavy atom. The molecule has 62 valence electrons. The molecule has 1 aromatic carbocycles. The van der Waals surface area contributed by atoms with Gasteiger partial charge in [0.05, 0.1) is 10.2 Å². The summed E-state index contributed by atoms with van der Waals surface area (Å²) in [6.45, 7) is 2.09. The van der Waals surface area contributed by atoms with Gasteiger partial charge in [-0.25, -0.2) is 4.98 Å². The standard InChI is InChI=1S/C8H5BrINS/c1-4-2-5(9)3-6-7(4)11-8(10)12-6/h2-3H,1H3. The summed E-state index contributed by atoms with van der Waals surface area (Å²) in [5, 5.41) is 0. The lowest BCUT2D eigenvalue weighted by molar-refractivity contribution is 1.39. The number of nitrogens with zero attached hydrogens (tertiary/aromatic N) is 1. The highest BCUT2D eigenvalue weighted by Crippen LogP contribution is 2.28. The second kappa shape index (κ2) is 3.23. The monoisotopic (exact) mass is 353 g/mol. The second-order valence-corrected chi connectivity index (χ2v) is 6.24. The van der Waals surface area contributed by atoms with Crippen molar-refractivity contribution in [2.45, 2.75) is 6.92 Å². The summed E-state index contributed by atoms with van der Waals surface area (Å²) in [7, 11) is 0. The third-order valence-corrected chi connectivity index (χ3v) is 3.77. The summed E-state index contributed by atoms with van der Waals surface area (Å²) in [5.41, 5.74) is 2.37. The smallest absolute Gasteiger partial charge is 0.155 e. The SMILES string of the molecule is Cc1cc(Br)cc2sc(I)nc12. The van der Waals surface area contributed by atoms with Gasteiger partial charge in [-0.3, -0.25) is 0 Å². The van der Waals surface area contributed by atoms with Gasteiger partial charge in [-0.15, -0.1) is 11.3 Å². The van der Waals surface area contributed by atoms with Crippen molar-refractivity contribution < 1.29 is 0 Å². The zero-order valence-corrected chi connectivity index (χ0v) is 10.8. The van der Waals surface area contributed by atoms with E-state index in [0.29, 0.717) is 0 Å². The second-order valence-electron chi connectivity index (χ2n) is 2.54. The van der Waals surface area contributed by atoms with Crippen LogP contribution in [0.3, 0.4) is 0 Å². The Hall–Kier alpha value is 0.320. The fourth-order valence-electron chi connectivity index (χ4n) is 1.13. The van der Waals surface area contributed by atoms with Crippen molar-refractivity contribution in [3.05, 3.63) is 25.2 Å². The van der Waals surface area contributed by atoms with Crippen LogP contribution in [0.1, 0.15) is 5.56 Å². The molecular weight excluding hydrogens is 349 g/mol. The molecule has 2 aromatic rings. The molecule has 0 saturated heterocycles. The highest BCUT2D eigenvalue weighted by Gasteiger charge is 2.04. The first kappa shape index (κ1) is 8.90. The molecule has 4 heteroatoms. The molecule has 1 heterocycles. The van der Waals surface area contributed by atoms with E-state index < -0.39 is 0 Å². The van der Waals surface area contributed by atoms with Crippen molar-refractivity contribution in [2.75, 3.05) is 0 Å². The lowest BCUT2D eigenvalue weighted by atomic mass is 10.2. The van der Waals surface area contributed by atoms with Crippen LogP contribution in [-0.2, 0) is 0 Å². The molecule has 0 N–H and O–H groups in total. The van der Waals surface area contributed by atoms with Gasteiger partial charge < -0.3 is 0 Å². The molecule has 1 aromatic heterocycles. The zero-order valence-electron chi connectivity index (χ0n) is 6.27. The van der Waals surface area contributed by atoms with Crippen molar-refractivity contribution in [3.63, 3.8) is 0 Å². The number of hydrogen-bond acceptors (Lipinski definition) is 2. The van der Waals surface area contributed by atoms with Crippen LogP contribution in [0.2, 0.25) is 0 Å². The van der Waals surface area contributed by atoms with Gasteiger partial charge >= 0.3 is 0 Å². The Morgan fingerprint density at radius 2 is 2.25 bits per heavy atom. The number of aromatic nitrogens is 1. The lowest BCUT2D eigenvalue weighted by Crippen LogP contribution is -1.76. The van der Waals surface area contributed by atoms with E-state index in [4.69, 9.17) is 0 Å². The van der Waals surface area contributed by atoms with Gasteiger partial charge in [0.1, 0.15) is 0 Å². The van der Waals surface area contributed by atoms with Crippen molar-refractivity contribution in [1.29, 1.82) is 0 Å². The summed E-state index contributed by atoms with van der Waals surface area (Å²) in [5.74, 6) is 0. The maximum atomic E-state index is 4.44. The minimum atomic E-state index is 1.10. The molecule has 0 aliphatic heterocycles. The number of rotatable bonds is 0. The van der Waals surface area contributed by atoms with Crippen molar-refractivity contribution in [3.8, 4) is 0 Å². The molecule has 0 atom stereocenters. The van der Waals surface area contributed by atoms with E-state index in [1.807, 2.05) is 0 Å². The van der Waals surface area contributed by atoms with Gasteiger partial charge in [0, 0.05) is 4.47 Å². The quantitative estimate of drug-likeness (QED) is 0.653. The molecule has 0 fully saturated rings. The largest absolute Gasteiger partial charge is 0.230 e. The third-order valence-electron chi connectivity index (χ3n) is 1.62. The molecule has 0 saturated carbocycles. The van der Waals surface area contributed by atoms with Crippen LogP contribution < -0.4 is 0 Å². The number of fused-ring (bicyclic) bond motifs is 1. The van der Waals surface area contributed by atoms with Crippen molar-refractivity contribution >= 4 is 60.1 Å². The first-order valence-electron chi connectivity index (χ1n) is 3.39. The molecule has 0 amide bonds. The van der Waals surface area contributed by atoms with E-state index in [2.05, 4.69) is 62.6 Å². The number of halogens is 2. The number of benzene rings is 1. The van der Waals surface area contributed by atoms with Gasteiger partial charge in [-0.2, -0.15) is 0 Å². The Kier molecular flexibility index (Phi) is 2.39. The summed E-state index contributed by atoms with van der Waals surface area (Å²) >= 11 is 7.45. The Morgan fingerprint density at radius 1 is 1.50 bits per heavy atom. The molecule has 0 aliphatic carbocycles. The van der Waals surface area contributed by atoms with Gasteiger partial charge in [-0.05, 0) is 47.2 Å². The maximum absolute atomic E-state index is 4.44. The van der Waals surface area contributed by atoms with Crippen LogP contribution in [0.4, 0.5) is 0 Å². The summed E-state index contributed by atoms with van der Waals surface area (Å²) < 4.78 is 3.49. The van der Waals surface area contributed by atoms with E-state index >= 15 is 0 Å². The fourth-order valence-corrected chi connectivity index (χ4v) is 3.61. The normalized spacial score (nSPS) is 10.9. The van der Waals surface area contributed by atoms with Crippen LogP contribution in [-0.4, -0.2) is 4.98 Å². The molecule has 2 rings (SSSR count). The molecule has 0 spiro atoms. The summed E-state index contributed by atoms with van der Waals surface area (Å²) in [4.78, 5) is 4.44. The maximum Gasteiger partial charge on any atom is 0.155 e. The van der Waals surface area contributed by atoms with E-state index in [0.717, 1.165) is 13.0 Å². The third kappa shape index (κ3) is 1.52. The molecule has 12 heavy (non-hydrogen) atoms. The van der Waals surface area contributed by atoms with Gasteiger partial charge in [0.2, 0.25) is 0 Å². The number of hydrogen-bond donors (Lipinski definition) is 0. The number of thiazole rings is 1. The van der Waals surface area contributed by atoms with Gasteiger partial charge in [-0.1, -0.05) is 15.9 Å². The van der Waals surface area contributed by atoms with Crippen molar-refractivity contribution in [1.82, 2.24) is 4.98 Å². The minimum Gasteiger partial charge on any atom is -0.230 e. The average molecular weight is 354 g/mol. The van der Waals surface area contributed by atoms with Gasteiger partial charge in [0.15, 0.2) is 3.01 Å². The van der Waals surface area contributed by atoms with Gasteiger partial charge in [0.25, 0.3) is 0 Å². The Labute approximate surface area is 96.5 Å². The molecule has 1 nitrogen and oxygen atoms in total. The van der Waals surface area contributed by atoms with Crippen LogP contribution in [0.25, 0.3) is 10.2 Å². The molecular formula is C8H5BrINS. The first-order chi connectivity index (χ1) is 5.66. The molecule has 0 unspecified atom stereocenters. The first-order valence-corrected chi connectivity index (χ1v) is 6.08. The molecule has 0 bridgehead atoms. The zero-order chi connectivity index (χ0) is 8.72. The summed E-state index contributed by atoms with van der Waals surface area (Å²) in [6.07, 6.45) is 0. The van der Waals surface area contributed by atoms with E-state index in [1.54, 1.807) is 11.3 Å². The van der Waals surface area contributed by atoms with Crippen molar-refractivity contribution in [2.24, 2.45) is 0 Å². The highest BCUT2D eigenvalue weighted by molar-refractivity contribution is 14.1. The molecule has 0 aliphatic rings. The lowest BCUT2D eigenvalue weighted by Gasteiger charge is -1.94. The Balaban J connectivity index is 2.88. The average Bonchev–Trinajstić information content (AvgIpc) is 2.29. The summed E-state index contributed by atoms with van der Waals surface area (Å²) in [6, 6.07) is 4.21. The predicted octanol–water partition coefficient (Wildman–Crippen LogP) is 3.97. The highest BCUT2D eigenvalue weighted by atomic mass is 127. The predicted molar refractivity (Wildman–Crippen MR) is 64.8 cm³/mol. The Bertz CT molecular complexity index is 438. The van der Waals surface area contributed by atoms with E-state index in [1.165, 1.54) is 10.3 Å². The van der Waals surface area contributed by atoms with E-state index in [-0.39, 0.29) is 0 Å². The molecule has 0 radical (unpaired) electrons. The minimum absolute atomic E-state index is 1.10.